The summed E-state index contributed by atoms with van der Waals surface area (Å²) in [5.74, 6) is 1.40. The number of thioether (sulfide) groups is 1. The number of hydrogen-bond donors (Lipinski definition) is 0. The van der Waals surface area contributed by atoms with Crippen molar-refractivity contribution in [2.45, 2.75) is 49.4 Å². The van der Waals surface area contributed by atoms with E-state index in [1.165, 1.54) is 0 Å². The minimum atomic E-state index is -0.115. The molecule has 2 aromatic heterocycles. The van der Waals surface area contributed by atoms with E-state index in [9.17, 15) is 9.59 Å². The van der Waals surface area contributed by atoms with E-state index < -0.39 is 0 Å². The number of carbonyl (C=O) groups is 1. The molecule has 3 aliphatic rings. The molecule has 164 valence electrons. The van der Waals surface area contributed by atoms with Crippen LogP contribution in [0.25, 0.3) is 10.9 Å². The zero-order valence-corrected chi connectivity index (χ0v) is 18.5. The highest BCUT2D eigenvalue weighted by atomic mass is 32.2. The van der Waals surface area contributed by atoms with Gasteiger partial charge in [0.25, 0.3) is 5.56 Å². The Morgan fingerprint density at radius 3 is 3.00 bits per heavy atom. The molecule has 0 bridgehead atoms. The average molecular weight is 449 g/mol. The lowest BCUT2D eigenvalue weighted by Gasteiger charge is -2.20. The normalized spacial score (nSPS) is 21.7. The molecule has 4 heterocycles. The van der Waals surface area contributed by atoms with Crippen LogP contribution in [-0.2, 0) is 17.6 Å². The zero-order chi connectivity index (χ0) is 21.7. The van der Waals surface area contributed by atoms with Crippen LogP contribution in [-0.4, -0.2) is 50.3 Å². The maximum Gasteiger partial charge on any atom is 0.257 e. The lowest BCUT2D eigenvalue weighted by molar-refractivity contribution is -0.131. The highest BCUT2D eigenvalue weighted by molar-refractivity contribution is 7.99. The lowest BCUT2D eigenvalue weighted by Crippen LogP contribution is -2.35. The molecule has 3 aromatic rings. The number of benzene rings is 1. The fourth-order valence-electron chi connectivity index (χ4n) is 4.97. The van der Waals surface area contributed by atoms with Crippen molar-refractivity contribution < 1.29 is 9.53 Å². The number of hydrogen-bond acceptors (Lipinski definition) is 6. The van der Waals surface area contributed by atoms with Crippen molar-refractivity contribution in [2.24, 2.45) is 0 Å². The number of rotatable bonds is 4. The van der Waals surface area contributed by atoms with E-state index in [4.69, 9.17) is 9.72 Å². The Hall–Kier alpha value is -2.87. The summed E-state index contributed by atoms with van der Waals surface area (Å²) in [6, 6.07) is 11.7. The molecule has 7 nitrogen and oxygen atoms in total. The van der Waals surface area contributed by atoms with E-state index in [-0.39, 0.29) is 23.6 Å². The standard InChI is InChI=1S/C24H24N4O3S/c29-22(12-16-14-32-24-26-20-7-3-5-18(20)23(30)28(16)24)27-11-10-17(13-27)31-21-9-8-15-4-1-2-6-19(15)25-21/h1-2,4,6,8-9,16-17H,3,5,7,10-14H2. The second kappa shape index (κ2) is 7.92. The molecule has 1 saturated heterocycles. The summed E-state index contributed by atoms with van der Waals surface area (Å²) < 4.78 is 7.86. The van der Waals surface area contributed by atoms with Crippen LogP contribution in [0.15, 0.2) is 46.3 Å². The van der Waals surface area contributed by atoms with Crippen LogP contribution in [0.4, 0.5) is 0 Å². The Bertz CT molecular complexity index is 1270. The molecular weight excluding hydrogens is 424 g/mol. The molecule has 8 heteroatoms. The summed E-state index contributed by atoms with van der Waals surface area (Å²) in [5.41, 5.74) is 2.78. The molecule has 0 radical (unpaired) electrons. The molecule has 1 amide bonds. The van der Waals surface area contributed by atoms with Gasteiger partial charge in [-0.2, -0.15) is 0 Å². The predicted octanol–water partition coefficient (Wildman–Crippen LogP) is 3.00. The number of likely N-dealkylation sites (tertiary alicyclic amines) is 1. The van der Waals surface area contributed by atoms with Crippen molar-refractivity contribution in [3.05, 3.63) is 58.0 Å². The molecule has 1 fully saturated rings. The third kappa shape index (κ3) is 3.46. The molecule has 2 atom stereocenters. The number of fused-ring (bicyclic) bond motifs is 3. The number of aryl methyl sites for hydroxylation is 1. The minimum absolute atomic E-state index is 0.0643. The summed E-state index contributed by atoms with van der Waals surface area (Å²) >= 11 is 1.59. The first-order chi connectivity index (χ1) is 15.7. The van der Waals surface area contributed by atoms with Crippen LogP contribution >= 0.6 is 11.8 Å². The second-order valence-electron chi connectivity index (χ2n) is 8.73. The summed E-state index contributed by atoms with van der Waals surface area (Å²) in [4.78, 5) is 37.2. The number of para-hydroxylation sites is 1. The smallest absolute Gasteiger partial charge is 0.257 e. The molecule has 1 aromatic carbocycles. The molecule has 1 aliphatic carbocycles. The maximum atomic E-state index is 13.0. The van der Waals surface area contributed by atoms with E-state index in [1.54, 1.807) is 16.3 Å². The maximum absolute atomic E-state index is 13.0. The van der Waals surface area contributed by atoms with Gasteiger partial charge in [-0.15, -0.1) is 0 Å². The molecule has 6 rings (SSSR count). The first-order valence-electron chi connectivity index (χ1n) is 11.2. The first kappa shape index (κ1) is 19.8. The van der Waals surface area contributed by atoms with Gasteiger partial charge in [-0.05, 0) is 31.4 Å². The fraction of sp³-hybridized carbons (Fsp3) is 0.417. The van der Waals surface area contributed by atoms with Crippen LogP contribution in [0, 0.1) is 0 Å². The highest BCUT2D eigenvalue weighted by Gasteiger charge is 2.34. The van der Waals surface area contributed by atoms with Gasteiger partial charge in [-0.3, -0.25) is 14.2 Å². The van der Waals surface area contributed by atoms with E-state index >= 15 is 0 Å². The van der Waals surface area contributed by atoms with Crippen molar-refractivity contribution >= 4 is 28.6 Å². The minimum Gasteiger partial charge on any atom is -0.472 e. The Kier molecular flexibility index (Phi) is 4.90. The summed E-state index contributed by atoms with van der Waals surface area (Å²) in [7, 11) is 0. The van der Waals surface area contributed by atoms with Gasteiger partial charge in [-0.1, -0.05) is 30.0 Å². The van der Waals surface area contributed by atoms with Crippen LogP contribution in [0.3, 0.4) is 0 Å². The van der Waals surface area contributed by atoms with Crippen molar-refractivity contribution in [3.8, 4) is 5.88 Å². The Morgan fingerprint density at radius 1 is 1.16 bits per heavy atom. The number of pyridine rings is 1. The topological polar surface area (TPSA) is 77.3 Å². The Morgan fingerprint density at radius 2 is 2.06 bits per heavy atom. The van der Waals surface area contributed by atoms with E-state index in [0.29, 0.717) is 25.4 Å². The third-order valence-corrected chi connectivity index (χ3v) is 7.74. The van der Waals surface area contributed by atoms with Crippen LogP contribution in [0.5, 0.6) is 5.88 Å². The van der Waals surface area contributed by atoms with Gasteiger partial charge in [0.2, 0.25) is 11.8 Å². The Balaban J connectivity index is 1.12. The SMILES string of the molecule is O=C(CC1CSc2nc3c(c(=O)n21)CCC3)N1CCC(Oc2ccc3ccccc3n2)C1. The van der Waals surface area contributed by atoms with Gasteiger partial charge >= 0.3 is 0 Å². The van der Waals surface area contributed by atoms with Gasteiger partial charge in [0.05, 0.1) is 23.8 Å². The van der Waals surface area contributed by atoms with Crippen molar-refractivity contribution in [2.75, 3.05) is 18.8 Å². The van der Waals surface area contributed by atoms with Crippen molar-refractivity contribution in [1.82, 2.24) is 19.4 Å². The average Bonchev–Trinajstić information content (AvgIpc) is 3.54. The molecule has 0 N–H and O–H groups in total. The van der Waals surface area contributed by atoms with Gasteiger partial charge in [0.15, 0.2) is 5.16 Å². The van der Waals surface area contributed by atoms with Gasteiger partial charge in [-0.25, -0.2) is 9.97 Å². The monoisotopic (exact) mass is 448 g/mol. The molecule has 2 unspecified atom stereocenters. The zero-order valence-electron chi connectivity index (χ0n) is 17.7. The predicted molar refractivity (Wildman–Crippen MR) is 122 cm³/mol. The van der Waals surface area contributed by atoms with E-state index in [2.05, 4.69) is 4.98 Å². The number of nitrogens with zero attached hydrogens (tertiary/aromatic N) is 4. The van der Waals surface area contributed by atoms with E-state index in [0.717, 1.165) is 58.8 Å². The second-order valence-corrected chi connectivity index (χ2v) is 9.71. The number of amides is 1. The molecular formula is C24H24N4O3S. The Labute approximate surface area is 189 Å². The highest BCUT2D eigenvalue weighted by Crippen LogP contribution is 2.34. The summed E-state index contributed by atoms with van der Waals surface area (Å²) in [6.07, 6.45) is 3.75. The van der Waals surface area contributed by atoms with Crippen molar-refractivity contribution in [3.63, 3.8) is 0 Å². The van der Waals surface area contributed by atoms with Gasteiger partial charge < -0.3 is 9.64 Å². The van der Waals surface area contributed by atoms with Gasteiger partial charge in [0, 0.05) is 42.2 Å². The molecule has 0 saturated carbocycles. The first-order valence-corrected chi connectivity index (χ1v) is 12.2. The van der Waals surface area contributed by atoms with Crippen LogP contribution in [0.2, 0.25) is 0 Å². The van der Waals surface area contributed by atoms with Crippen LogP contribution < -0.4 is 10.3 Å². The number of carbonyl (C=O) groups excluding carboxylic acids is 1. The lowest BCUT2D eigenvalue weighted by atomic mass is 10.2. The van der Waals surface area contributed by atoms with Crippen LogP contribution in [0.1, 0.15) is 36.6 Å². The number of aromatic nitrogens is 3. The quantitative estimate of drug-likeness (QED) is 0.571. The molecule has 0 spiro atoms. The number of ether oxygens (including phenoxy) is 1. The largest absolute Gasteiger partial charge is 0.472 e. The fourth-order valence-corrected chi connectivity index (χ4v) is 6.12. The third-order valence-electron chi connectivity index (χ3n) is 6.64. The summed E-state index contributed by atoms with van der Waals surface area (Å²) in [6.45, 7) is 1.22. The van der Waals surface area contributed by atoms with E-state index in [1.807, 2.05) is 41.3 Å². The van der Waals surface area contributed by atoms with Gasteiger partial charge in [0.1, 0.15) is 6.10 Å². The molecule has 2 aliphatic heterocycles. The molecule has 32 heavy (non-hydrogen) atoms. The summed E-state index contributed by atoms with van der Waals surface area (Å²) in [5, 5.41) is 1.85. The van der Waals surface area contributed by atoms with Crippen molar-refractivity contribution in [1.29, 1.82) is 0 Å².